The number of carboxylic acid groups (broad SMARTS) is 1. The highest BCUT2D eigenvalue weighted by molar-refractivity contribution is 5.89. The van der Waals surface area contributed by atoms with E-state index in [0.717, 1.165) is 31.5 Å². The predicted octanol–water partition coefficient (Wildman–Crippen LogP) is 1.47. The number of nitrogens with zero attached hydrogens (tertiary/aromatic N) is 1. The van der Waals surface area contributed by atoms with Gasteiger partial charge in [-0.15, -0.1) is 0 Å². The number of carboxylic acids is 1. The van der Waals surface area contributed by atoms with Crippen molar-refractivity contribution >= 4 is 11.9 Å². The quantitative estimate of drug-likeness (QED) is 0.853. The molecule has 0 unspecified atom stereocenters. The standard InChI is InChI=1S/C15H20N2O3/c16-14(18)9-11-5-7-17(8-6-11)10-12-3-1-2-4-13(12)15(19)20/h1-4,11H,5-10H2,(H2,16,18)(H,19,20). The zero-order chi connectivity index (χ0) is 14.5. The fraction of sp³-hybridized carbons (Fsp3) is 0.467. The maximum atomic E-state index is 11.2. The van der Waals surface area contributed by atoms with Crippen molar-refractivity contribution in [3.05, 3.63) is 35.4 Å². The Balaban J connectivity index is 1.93. The Morgan fingerprint density at radius 2 is 1.90 bits per heavy atom. The number of hydrogen-bond acceptors (Lipinski definition) is 3. The van der Waals surface area contributed by atoms with Gasteiger partial charge in [-0.05, 0) is 43.5 Å². The van der Waals surface area contributed by atoms with Gasteiger partial charge in [-0.25, -0.2) is 4.79 Å². The van der Waals surface area contributed by atoms with Crippen molar-refractivity contribution in [2.45, 2.75) is 25.8 Å². The molecule has 0 saturated carbocycles. The lowest BCUT2D eigenvalue weighted by molar-refractivity contribution is -0.119. The van der Waals surface area contributed by atoms with Crippen molar-refractivity contribution < 1.29 is 14.7 Å². The van der Waals surface area contributed by atoms with Crippen LogP contribution in [-0.4, -0.2) is 35.0 Å². The van der Waals surface area contributed by atoms with E-state index in [1.54, 1.807) is 12.1 Å². The van der Waals surface area contributed by atoms with Crippen molar-refractivity contribution in [1.82, 2.24) is 4.90 Å². The third-order valence-corrected chi connectivity index (χ3v) is 3.84. The molecule has 0 radical (unpaired) electrons. The molecular formula is C15H20N2O3. The van der Waals surface area contributed by atoms with E-state index >= 15 is 0 Å². The van der Waals surface area contributed by atoms with E-state index in [9.17, 15) is 9.59 Å². The van der Waals surface area contributed by atoms with Crippen molar-refractivity contribution in [3.8, 4) is 0 Å². The Bertz CT molecular complexity index is 494. The van der Waals surface area contributed by atoms with Crippen LogP contribution in [0, 0.1) is 5.92 Å². The van der Waals surface area contributed by atoms with Crippen LogP contribution < -0.4 is 5.73 Å². The molecule has 0 aliphatic carbocycles. The molecule has 1 aliphatic heterocycles. The molecule has 1 aromatic rings. The van der Waals surface area contributed by atoms with Crippen LogP contribution in [0.25, 0.3) is 0 Å². The summed E-state index contributed by atoms with van der Waals surface area (Å²) in [5.74, 6) is -0.748. The van der Waals surface area contributed by atoms with E-state index < -0.39 is 5.97 Å². The number of amides is 1. The van der Waals surface area contributed by atoms with Gasteiger partial charge < -0.3 is 10.8 Å². The molecule has 1 aromatic carbocycles. The Kier molecular flexibility index (Phi) is 4.74. The number of piperidine rings is 1. The van der Waals surface area contributed by atoms with E-state index in [4.69, 9.17) is 10.8 Å². The van der Waals surface area contributed by atoms with Crippen molar-refractivity contribution in [2.24, 2.45) is 11.7 Å². The summed E-state index contributed by atoms with van der Waals surface area (Å²) in [6.45, 7) is 2.41. The minimum atomic E-state index is -0.885. The first kappa shape index (κ1) is 14.5. The summed E-state index contributed by atoms with van der Waals surface area (Å²) in [5.41, 5.74) is 6.43. The second-order valence-electron chi connectivity index (χ2n) is 5.35. The van der Waals surface area contributed by atoms with Gasteiger partial charge >= 0.3 is 5.97 Å². The molecule has 1 heterocycles. The number of likely N-dealkylation sites (tertiary alicyclic amines) is 1. The summed E-state index contributed by atoms with van der Waals surface area (Å²) in [4.78, 5) is 24.3. The first-order valence-corrected chi connectivity index (χ1v) is 6.88. The molecule has 2 rings (SSSR count). The van der Waals surface area contributed by atoms with Gasteiger partial charge in [0.2, 0.25) is 5.91 Å². The summed E-state index contributed by atoms with van der Waals surface area (Å²) in [7, 11) is 0. The lowest BCUT2D eigenvalue weighted by atomic mass is 9.93. The number of hydrogen-bond donors (Lipinski definition) is 2. The molecule has 1 fully saturated rings. The largest absolute Gasteiger partial charge is 0.478 e. The highest BCUT2D eigenvalue weighted by Gasteiger charge is 2.21. The highest BCUT2D eigenvalue weighted by Crippen LogP contribution is 2.22. The molecular weight excluding hydrogens is 256 g/mol. The second kappa shape index (κ2) is 6.52. The van der Waals surface area contributed by atoms with Crippen LogP contribution in [0.3, 0.4) is 0 Å². The maximum absolute atomic E-state index is 11.2. The van der Waals surface area contributed by atoms with E-state index in [1.807, 2.05) is 12.1 Å². The predicted molar refractivity (Wildman–Crippen MR) is 75.2 cm³/mol. The van der Waals surface area contributed by atoms with Gasteiger partial charge in [-0.1, -0.05) is 18.2 Å². The molecule has 1 amide bonds. The van der Waals surface area contributed by atoms with E-state index in [0.29, 0.717) is 24.4 Å². The van der Waals surface area contributed by atoms with Gasteiger partial charge in [-0.3, -0.25) is 9.69 Å². The van der Waals surface area contributed by atoms with Crippen LogP contribution in [0.2, 0.25) is 0 Å². The molecule has 20 heavy (non-hydrogen) atoms. The number of carbonyl (C=O) groups excluding carboxylic acids is 1. The van der Waals surface area contributed by atoms with Crippen molar-refractivity contribution in [2.75, 3.05) is 13.1 Å². The number of primary amides is 1. The van der Waals surface area contributed by atoms with E-state index in [1.165, 1.54) is 0 Å². The molecule has 0 aromatic heterocycles. The third kappa shape index (κ3) is 3.81. The maximum Gasteiger partial charge on any atom is 0.336 e. The van der Waals surface area contributed by atoms with Crippen LogP contribution in [0.1, 0.15) is 35.2 Å². The summed E-state index contributed by atoms with van der Waals surface area (Å²) in [5, 5.41) is 9.17. The van der Waals surface area contributed by atoms with Crippen LogP contribution in [0.5, 0.6) is 0 Å². The Morgan fingerprint density at radius 1 is 1.25 bits per heavy atom. The van der Waals surface area contributed by atoms with Crippen LogP contribution in [-0.2, 0) is 11.3 Å². The van der Waals surface area contributed by atoms with Crippen LogP contribution in [0.4, 0.5) is 0 Å². The van der Waals surface area contributed by atoms with Gasteiger partial charge in [0.1, 0.15) is 0 Å². The molecule has 1 aliphatic rings. The van der Waals surface area contributed by atoms with Gasteiger partial charge in [0.15, 0.2) is 0 Å². The highest BCUT2D eigenvalue weighted by atomic mass is 16.4. The minimum Gasteiger partial charge on any atom is -0.478 e. The van der Waals surface area contributed by atoms with Gasteiger partial charge in [0, 0.05) is 13.0 Å². The topological polar surface area (TPSA) is 83.6 Å². The fourth-order valence-corrected chi connectivity index (χ4v) is 2.74. The second-order valence-corrected chi connectivity index (χ2v) is 5.35. The smallest absolute Gasteiger partial charge is 0.336 e. The summed E-state index contributed by atoms with van der Waals surface area (Å²) in [6.07, 6.45) is 2.34. The molecule has 0 bridgehead atoms. The molecule has 0 spiro atoms. The average Bonchev–Trinajstić information content (AvgIpc) is 2.41. The van der Waals surface area contributed by atoms with Crippen LogP contribution in [0.15, 0.2) is 24.3 Å². The van der Waals surface area contributed by atoms with Crippen molar-refractivity contribution in [1.29, 1.82) is 0 Å². The molecule has 3 N–H and O–H groups in total. The van der Waals surface area contributed by atoms with Gasteiger partial charge in [-0.2, -0.15) is 0 Å². The van der Waals surface area contributed by atoms with E-state index in [2.05, 4.69) is 4.90 Å². The molecule has 1 saturated heterocycles. The van der Waals surface area contributed by atoms with Gasteiger partial charge in [0.05, 0.1) is 5.56 Å². The Hall–Kier alpha value is -1.88. The number of nitrogens with two attached hydrogens (primary N) is 1. The normalized spacial score (nSPS) is 17.0. The fourth-order valence-electron chi connectivity index (χ4n) is 2.74. The first-order chi connectivity index (χ1) is 9.56. The summed E-state index contributed by atoms with van der Waals surface area (Å²) in [6, 6.07) is 7.10. The molecule has 5 heteroatoms. The molecule has 108 valence electrons. The Morgan fingerprint density at radius 3 is 2.50 bits per heavy atom. The zero-order valence-corrected chi connectivity index (χ0v) is 11.4. The summed E-state index contributed by atoms with van der Waals surface area (Å²) >= 11 is 0. The van der Waals surface area contributed by atoms with Crippen molar-refractivity contribution in [3.63, 3.8) is 0 Å². The molecule has 0 atom stereocenters. The SMILES string of the molecule is NC(=O)CC1CCN(Cc2ccccc2C(=O)O)CC1. The monoisotopic (exact) mass is 276 g/mol. The number of benzene rings is 1. The lowest BCUT2D eigenvalue weighted by Crippen LogP contribution is -2.35. The number of carbonyl (C=O) groups is 2. The zero-order valence-electron chi connectivity index (χ0n) is 11.4. The average molecular weight is 276 g/mol. The van der Waals surface area contributed by atoms with Crippen LogP contribution >= 0.6 is 0 Å². The van der Waals surface area contributed by atoms with Gasteiger partial charge in [0.25, 0.3) is 0 Å². The first-order valence-electron chi connectivity index (χ1n) is 6.88. The number of aromatic carboxylic acids is 1. The molecule has 5 nitrogen and oxygen atoms in total. The summed E-state index contributed by atoms with van der Waals surface area (Å²) < 4.78 is 0. The Labute approximate surface area is 118 Å². The lowest BCUT2D eigenvalue weighted by Gasteiger charge is -2.31. The van der Waals surface area contributed by atoms with E-state index in [-0.39, 0.29) is 5.91 Å². The third-order valence-electron chi connectivity index (χ3n) is 3.84. The minimum absolute atomic E-state index is 0.236. The number of rotatable bonds is 5.